The molecule has 0 radical (unpaired) electrons. The third-order valence-corrected chi connectivity index (χ3v) is 4.81. The van der Waals surface area contributed by atoms with Gasteiger partial charge in [0.25, 0.3) is 0 Å². The number of hydrogen-bond donors (Lipinski definition) is 1. The standard InChI is InChI=1S/C13H16ClNO2S/c1-8-6-18-7-9(2)15(8)12-4-3-10(14)5-11(12)13(16)17/h3-5,8-9H,6-7H2,1-2H3,(H,16,17). The second-order valence-corrected chi connectivity index (χ2v) is 6.12. The summed E-state index contributed by atoms with van der Waals surface area (Å²) in [6.45, 7) is 4.26. The van der Waals surface area contributed by atoms with Crippen LogP contribution in [0.3, 0.4) is 0 Å². The maximum atomic E-state index is 11.3. The molecule has 1 aromatic rings. The van der Waals surface area contributed by atoms with Gasteiger partial charge in [0.1, 0.15) is 0 Å². The minimum atomic E-state index is -0.926. The van der Waals surface area contributed by atoms with E-state index in [1.165, 1.54) is 6.07 Å². The van der Waals surface area contributed by atoms with Crippen molar-refractivity contribution in [2.24, 2.45) is 0 Å². The summed E-state index contributed by atoms with van der Waals surface area (Å²) in [5, 5.41) is 9.76. The van der Waals surface area contributed by atoms with E-state index >= 15 is 0 Å². The van der Waals surface area contributed by atoms with Crippen LogP contribution in [0, 0.1) is 0 Å². The number of carboxylic acids is 1. The van der Waals surface area contributed by atoms with Crippen LogP contribution in [-0.2, 0) is 0 Å². The van der Waals surface area contributed by atoms with Crippen LogP contribution >= 0.6 is 23.4 Å². The molecule has 0 spiro atoms. The van der Waals surface area contributed by atoms with Crippen molar-refractivity contribution in [3.05, 3.63) is 28.8 Å². The average Bonchev–Trinajstić information content (AvgIpc) is 2.30. The number of nitrogens with zero attached hydrogens (tertiary/aromatic N) is 1. The summed E-state index contributed by atoms with van der Waals surface area (Å²) in [6, 6.07) is 5.76. The van der Waals surface area contributed by atoms with Crippen molar-refractivity contribution in [2.45, 2.75) is 25.9 Å². The predicted molar refractivity (Wildman–Crippen MR) is 77.1 cm³/mol. The van der Waals surface area contributed by atoms with Gasteiger partial charge in [-0.25, -0.2) is 4.79 Å². The van der Waals surface area contributed by atoms with Crippen LogP contribution in [0.5, 0.6) is 0 Å². The Morgan fingerprint density at radius 3 is 2.56 bits per heavy atom. The molecule has 1 heterocycles. The second-order valence-electron chi connectivity index (χ2n) is 4.61. The summed E-state index contributed by atoms with van der Waals surface area (Å²) >= 11 is 7.80. The molecule has 1 aliphatic heterocycles. The lowest BCUT2D eigenvalue weighted by molar-refractivity contribution is 0.0697. The van der Waals surface area contributed by atoms with Crippen LogP contribution < -0.4 is 4.90 Å². The van der Waals surface area contributed by atoms with Crippen molar-refractivity contribution >= 4 is 35.0 Å². The van der Waals surface area contributed by atoms with Gasteiger partial charge in [-0.05, 0) is 32.0 Å². The molecule has 0 saturated carbocycles. The summed E-state index contributed by atoms with van der Waals surface area (Å²) in [6.07, 6.45) is 0. The van der Waals surface area contributed by atoms with Crippen molar-refractivity contribution in [3.8, 4) is 0 Å². The zero-order valence-corrected chi connectivity index (χ0v) is 12.0. The van der Waals surface area contributed by atoms with Crippen molar-refractivity contribution in [2.75, 3.05) is 16.4 Å². The van der Waals surface area contributed by atoms with E-state index in [0.29, 0.717) is 17.1 Å². The van der Waals surface area contributed by atoms with Crippen LogP contribution in [0.4, 0.5) is 5.69 Å². The largest absolute Gasteiger partial charge is 0.478 e. The number of rotatable bonds is 2. The molecule has 18 heavy (non-hydrogen) atoms. The van der Waals surface area contributed by atoms with E-state index in [0.717, 1.165) is 17.2 Å². The molecule has 0 aliphatic carbocycles. The summed E-state index contributed by atoms with van der Waals surface area (Å²) in [5.74, 6) is 1.11. The van der Waals surface area contributed by atoms with E-state index in [1.54, 1.807) is 6.07 Å². The highest BCUT2D eigenvalue weighted by Gasteiger charge is 2.28. The summed E-state index contributed by atoms with van der Waals surface area (Å²) in [7, 11) is 0. The molecule has 2 atom stereocenters. The van der Waals surface area contributed by atoms with Gasteiger partial charge in [0.05, 0.1) is 11.3 Å². The van der Waals surface area contributed by atoms with Crippen LogP contribution in [0.15, 0.2) is 18.2 Å². The first-order valence-corrected chi connectivity index (χ1v) is 7.43. The minimum absolute atomic E-state index is 0.285. The summed E-state index contributed by atoms with van der Waals surface area (Å²) in [4.78, 5) is 13.5. The molecule has 1 aliphatic rings. The van der Waals surface area contributed by atoms with Gasteiger partial charge in [0.15, 0.2) is 0 Å². The molecule has 0 amide bonds. The SMILES string of the molecule is CC1CSCC(C)N1c1ccc(Cl)cc1C(=O)O. The molecule has 98 valence electrons. The van der Waals surface area contributed by atoms with Crippen molar-refractivity contribution in [1.82, 2.24) is 0 Å². The van der Waals surface area contributed by atoms with Crippen LogP contribution in [-0.4, -0.2) is 34.7 Å². The minimum Gasteiger partial charge on any atom is -0.478 e. The van der Waals surface area contributed by atoms with Crippen molar-refractivity contribution in [1.29, 1.82) is 0 Å². The number of carbonyl (C=O) groups is 1. The molecule has 2 unspecified atom stereocenters. The Morgan fingerprint density at radius 1 is 1.39 bits per heavy atom. The van der Waals surface area contributed by atoms with E-state index in [1.807, 2.05) is 17.8 Å². The lowest BCUT2D eigenvalue weighted by Crippen LogP contribution is -2.47. The molecular weight excluding hydrogens is 270 g/mol. The third-order valence-electron chi connectivity index (χ3n) is 3.14. The van der Waals surface area contributed by atoms with Gasteiger partial charge in [0.2, 0.25) is 0 Å². The number of benzene rings is 1. The quantitative estimate of drug-likeness (QED) is 0.904. The summed E-state index contributed by atoms with van der Waals surface area (Å²) < 4.78 is 0. The molecule has 0 bridgehead atoms. The number of halogens is 1. The fourth-order valence-electron chi connectivity index (χ4n) is 2.38. The van der Waals surface area contributed by atoms with E-state index < -0.39 is 5.97 Å². The summed E-state index contributed by atoms with van der Waals surface area (Å²) in [5.41, 5.74) is 1.06. The predicted octanol–water partition coefficient (Wildman–Crippen LogP) is 3.37. The highest BCUT2D eigenvalue weighted by Crippen LogP contribution is 2.32. The molecule has 1 fully saturated rings. The number of anilines is 1. The van der Waals surface area contributed by atoms with Gasteiger partial charge in [0, 0.05) is 28.6 Å². The van der Waals surface area contributed by atoms with Gasteiger partial charge in [-0.2, -0.15) is 11.8 Å². The van der Waals surface area contributed by atoms with E-state index in [9.17, 15) is 9.90 Å². The maximum absolute atomic E-state index is 11.3. The Labute approximate surface area is 116 Å². The molecule has 2 rings (SSSR count). The Kier molecular flexibility index (Phi) is 4.07. The lowest BCUT2D eigenvalue weighted by atomic mass is 10.1. The molecule has 3 nitrogen and oxygen atoms in total. The van der Waals surface area contributed by atoms with Gasteiger partial charge in [-0.1, -0.05) is 11.6 Å². The normalized spacial score (nSPS) is 24.1. The van der Waals surface area contributed by atoms with E-state index in [2.05, 4.69) is 18.7 Å². The lowest BCUT2D eigenvalue weighted by Gasteiger charge is -2.41. The number of carboxylic acid groups (broad SMARTS) is 1. The van der Waals surface area contributed by atoms with Gasteiger partial charge in [-0.3, -0.25) is 0 Å². The molecule has 5 heteroatoms. The maximum Gasteiger partial charge on any atom is 0.337 e. The number of thioether (sulfide) groups is 1. The first-order chi connectivity index (χ1) is 8.50. The number of aromatic carboxylic acids is 1. The molecule has 1 saturated heterocycles. The Morgan fingerprint density at radius 2 is 2.00 bits per heavy atom. The van der Waals surface area contributed by atoms with Crippen LogP contribution in [0.25, 0.3) is 0 Å². The van der Waals surface area contributed by atoms with Gasteiger partial charge in [-0.15, -0.1) is 0 Å². The Hall–Kier alpha value is -0.870. The topological polar surface area (TPSA) is 40.5 Å². The smallest absolute Gasteiger partial charge is 0.337 e. The first-order valence-electron chi connectivity index (χ1n) is 5.89. The molecule has 0 aromatic heterocycles. The van der Waals surface area contributed by atoms with Gasteiger partial charge >= 0.3 is 5.97 Å². The van der Waals surface area contributed by atoms with Gasteiger partial charge < -0.3 is 10.0 Å². The number of hydrogen-bond acceptors (Lipinski definition) is 3. The van der Waals surface area contributed by atoms with E-state index in [-0.39, 0.29) is 5.56 Å². The average molecular weight is 286 g/mol. The highest BCUT2D eigenvalue weighted by molar-refractivity contribution is 7.99. The zero-order valence-electron chi connectivity index (χ0n) is 10.4. The van der Waals surface area contributed by atoms with Crippen molar-refractivity contribution in [3.63, 3.8) is 0 Å². The van der Waals surface area contributed by atoms with Crippen LogP contribution in [0.1, 0.15) is 24.2 Å². The molecule has 1 aromatic carbocycles. The van der Waals surface area contributed by atoms with E-state index in [4.69, 9.17) is 11.6 Å². The Bertz CT molecular complexity index is 456. The highest BCUT2D eigenvalue weighted by atomic mass is 35.5. The fraction of sp³-hybridized carbons (Fsp3) is 0.462. The molecular formula is C13H16ClNO2S. The second kappa shape index (κ2) is 5.41. The first kappa shape index (κ1) is 13.6. The monoisotopic (exact) mass is 285 g/mol. The Balaban J connectivity index is 2.45. The van der Waals surface area contributed by atoms with Crippen molar-refractivity contribution < 1.29 is 9.90 Å². The molecule has 1 N–H and O–H groups in total. The fourth-order valence-corrected chi connectivity index (χ4v) is 3.70. The van der Waals surface area contributed by atoms with Crippen LogP contribution in [0.2, 0.25) is 5.02 Å². The third kappa shape index (κ3) is 2.59. The zero-order chi connectivity index (χ0) is 13.3.